The summed E-state index contributed by atoms with van der Waals surface area (Å²) in [5.41, 5.74) is 1.66. The Kier molecular flexibility index (Phi) is 5.87. The maximum Gasteiger partial charge on any atom is 0.309 e. The normalized spacial score (nSPS) is 14.8. The van der Waals surface area contributed by atoms with Gasteiger partial charge in [0, 0.05) is 40.8 Å². The molecule has 3 aromatic rings. The molecular weight excluding hydrogens is 426 g/mol. The predicted octanol–water partition coefficient (Wildman–Crippen LogP) is 3.31. The van der Waals surface area contributed by atoms with Crippen molar-refractivity contribution in [2.75, 3.05) is 13.1 Å². The smallest absolute Gasteiger partial charge is 0.309 e. The molecule has 30 heavy (non-hydrogen) atoms. The average Bonchev–Trinajstić information content (AvgIpc) is 3.13. The van der Waals surface area contributed by atoms with Crippen LogP contribution in [0.2, 0.25) is 5.02 Å². The zero-order valence-electron chi connectivity index (χ0n) is 16.3. The molecule has 1 saturated heterocycles. The van der Waals surface area contributed by atoms with Gasteiger partial charge in [-0.2, -0.15) is 0 Å². The van der Waals surface area contributed by atoms with Crippen molar-refractivity contribution < 1.29 is 14.3 Å². The van der Waals surface area contributed by atoms with Crippen LogP contribution < -0.4 is 5.56 Å². The third-order valence-corrected chi connectivity index (χ3v) is 6.39. The maximum absolute atomic E-state index is 12.6. The number of hydrogen-bond acceptors (Lipinski definition) is 6. The number of piperidine rings is 1. The highest BCUT2D eigenvalue weighted by molar-refractivity contribution is 7.15. The molecule has 4 rings (SSSR count). The van der Waals surface area contributed by atoms with Gasteiger partial charge in [-0.05, 0) is 44.0 Å². The number of thiazole rings is 1. The van der Waals surface area contributed by atoms with Crippen LogP contribution in [0, 0.1) is 12.8 Å². The highest BCUT2D eigenvalue weighted by atomic mass is 35.5. The Balaban J connectivity index is 1.32. The molecular formula is C21H20ClN3O4S. The van der Waals surface area contributed by atoms with Gasteiger partial charge in [-0.1, -0.05) is 11.6 Å². The number of carbonyl (C=O) groups excluding carboxylic acids is 2. The second kappa shape index (κ2) is 8.57. The molecule has 3 heterocycles. The monoisotopic (exact) mass is 445 g/mol. The van der Waals surface area contributed by atoms with E-state index in [1.165, 1.54) is 21.8 Å². The standard InChI is InChI=1S/C21H20ClN3O4S/c1-13-12-30-21-23-17(10-18(26)25(13)21)11-29-20(28)15-6-8-24(9-7-15)19(27)14-2-4-16(22)5-3-14/h2-5,10,12,15H,6-9,11H2,1H3. The number of ether oxygens (including phenoxy) is 1. The number of likely N-dealkylation sites (tertiary alicyclic amines) is 1. The maximum atomic E-state index is 12.6. The molecule has 0 saturated carbocycles. The molecule has 0 N–H and O–H groups in total. The predicted molar refractivity (Wildman–Crippen MR) is 114 cm³/mol. The quantitative estimate of drug-likeness (QED) is 0.575. The number of amides is 1. The van der Waals surface area contributed by atoms with Gasteiger partial charge in [0.15, 0.2) is 4.96 Å². The van der Waals surface area contributed by atoms with Gasteiger partial charge in [-0.3, -0.25) is 18.8 Å². The van der Waals surface area contributed by atoms with Gasteiger partial charge in [-0.15, -0.1) is 11.3 Å². The van der Waals surface area contributed by atoms with E-state index in [1.807, 2.05) is 12.3 Å². The summed E-state index contributed by atoms with van der Waals surface area (Å²) in [6, 6.07) is 8.17. The molecule has 0 atom stereocenters. The molecule has 0 radical (unpaired) electrons. The SMILES string of the molecule is Cc1csc2nc(COC(=O)C3CCN(C(=O)c4ccc(Cl)cc4)CC3)cc(=O)n12. The van der Waals surface area contributed by atoms with Crippen LogP contribution in [-0.2, 0) is 16.1 Å². The Morgan fingerprint density at radius 3 is 2.63 bits per heavy atom. The topological polar surface area (TPSA) is 81.0 Å². The lowest BCUT2D eigenvalue weighted by molar-refractivity contribution is -0.151. The number of carbonyl (C=O) groups is 2. The van der Waals surface area contributed by atoms with E-state index in [0.29, 0.717) is 47.2 Å². The molecule has 0 spiro atoms. The fourth-order valence-corrected chi connectivity index (χ4v) is 4.55. The lowest BCUT2D eigenvalue weighted by atomic mass is 9.96. The van der Waals surface area contributed by atoms with Crippen LogP contribution in [0.15, 0.2) is 40.5 Å². The van der Waals surface area contributed by atoms with Crippen LogP contribution in [0.1, 0.15) is 34.6 Å². The van der Waals surface area contributed by atoms with Gasteiger partial charge in [0.1, 0.15) is 6.61 Å². The Bertz CT molecular complexity index is 1150. The van der Waals surface area contributed by atoms with Crippen molar-refractivity contribution in [2.45, 2.75) is 26.4 Å². The molecule has 0 unspecified atom stereocenters. The minimum atomic E-state index is -0.321. The molecule has 1 aromatic carbocycles. The molecule has 0 aliphatic carbocycles. The summed E-state index contributed by atoms with van der Waals surface area (Å²) < 4.78 is 6.94. The summed E-state index contributed by atoms with van der Waals surface area (Å²) in [5, 5.41) is 2.44. The van der Waals surface area contributed by atoms with Crippen LogP contribution in [0.4, 0.5) is 0 Å². The summed E-state index contributed by atoms with van der Waals surface area (Å²) in [5.74, 6) is -0.659. The molecule has 2 aromatic heterocycles. The van der Waals surface area contributed by atoms with E-state index >= 15 is 0 Å². The number of aromatic nitrogens is 2. The second-order valence-electron chi connectivity index (χ2n) is 7.26. The van der Waals surface area contributed by atoms with Gasteiger partial charge >= 0.3 is 5.97 Å². The van der Waals surface area contributed by atoms with Gasteiger partial charge in [-0.25, -0.2) is 4.98 Å². The largest absolute Gasteiger partial charge is 0.459 e. The van der Waals surface area contributed by atoms with E-state index in [-0.39, 0.29) is 30.0 Å². The lowest BCUT2D eigenvalue weighted by Crippen LogP contribution is -2.40. The third kappa shape index (κ3) is 4.24. The van der Waals surface area contributed by atoms with Gasteiger partial charge in [0.05, 0.1) is 11.6 Å². The second-order valence-corrected chi connectivity index (χ2v) is 8.53. The first kappa shape index (κ1) is 20.6. The Morgan fingerprint density at radius 2 is 1.93 bits per heavy atom. The van der Waals surface area contributed by atoms with E-state index in [4.69, 9.17) is 16.3 Å². The van der Waals surface area contributed by atoms with Crippen molar-refractivity contribution in [1.82, 2.24) is 14.3 Å². The number of fused-ring (bicyclic) bond motifs is 1. The van der Waals surface area contributed by atoms with Gasteiger partial charge in [0.2, 0.25) is 0 Å². The lowest BCUT2D eigenvalue weighted by Gasteiger charge is -2.31. The highest BCUT2D eigenvalue weighted by Crippen LogP contribution is 2.21. The molecule has 1 amide bonds. The molecule has 1 aliphatic rings. The van der Waals surface area contributed by atoms with Crippen LogP contribution in [0.5, 0.6) is 0 Å². The molecule has 7 nitrogen and oxygen atoms in total. The van der Waals surface area contributed by atoms with Crippen LogP contribution in [0.3, 0.4) is 0 Å². The minimum absolute atomic E-state index is 0.0363. The third-order valence-electron chi connectivity index (χ3n) is 5.20. The number of aryl methyl sites for hydroxylation is 1. The Morgan fingerprint density at radius 1 is 1.23 bits per heavy atom. The van der Waals surface area contributed by atoms with Crippen LogP contribution in [0.25, 0.3) is 4.96 Å². The van der Waals surface area contributed by atoms with Gasteiger partial charge in [0.25, 0.3) is 11.5 Å². The number of hydrogen-bond donors (Lipinski definition) is 0. The molecule has 156 valence electrons. The van der Waals surface area contributed by atoms with E-state index in [0.717, 1.165) is 5.69 Å². The van der Waals surface area contributed by atoms with Crippen molar-refractivity contribution in [3.63, 3.8) is 0 Å². The average molecular weight is 446 g/mol. The fourth-order valence-electron chi connectivity index (χ4n) is 3.53. The van der Waals surface area contributed by atoms with E-state index in [9.17, 15) is 14.4 Å². The first-order chi connectivity index (χ1) is 14.4. The summed E-state index contributed by atoms with van der Waals surface area (Å²) in [7, 11) is 0. The zero-order valence-corrected chi connectivity index (χ0v) is 17.9. The minimum Gasteiger partial charge on any atom is -0.459 e. The fraction of sp³-hybridized carbons (Fsp3) is 0.333. The van der Waals surface area contributed by atoms with Gasteiger partial charge < -0.3 is 9.64 Å². The van der Waals surface area contributed by atoms with E-state index < -0.39 is 0 Å². The zero-order chi connectivity index (χ0) is 21.3. The molecule has 0 bridgehead atoms. The summed E-state index contributed by atoms with van der Waals surface area (Å²) in [4.78, 5) is 43.9. The first-order valence-corrected chi connectivity index (χ1v) is 10.9. The number of esters is 1. The summed E-state index contributed by atoms with van der Waals surface area (Å²) in [6.07, 6.45) is 1.08. The van der Waals surface area contributed by atoms with Crippen molar-refractivity contribution in [3.8, 4) is 0 Å². The number of benzene rings is 1. The summed E-state index contributed by atoms with van der Waals surface area (Å²) in [6.45, 7) is 2.78. The van der Waals surface area contributed by atoms with E-state index in [1.54, 1.807) is 29.2 Å². The molecule has 1 aliphatic heterocycles. The molecule has 1 fully saturated rings. The van der Waals surface area contributed by atoms with Crippen molar-refractivity contribution in [2.24, 2.45) is 5.92 Å². The van der Waals surface area contributed by atoms with Crippen molar-refractivity contribution in [1.29, 1.82) is 0 Å². The summed E-state index contributed by atoms with van der Waals surface area (Å²) >= 11 is 7.24. The number of halogens is 1. The van der Waals surface area contributed by atoms with Crippen molar-refractivity contribution >= 4 is 39.8 Å². The Labute approximate surface area is 181 Å². The van der Waals surface area contributed by atoms with Crippen LogP contribution in [-0.4, -0.2) is 39.3 Å². The first-order valence-electron chi connectivity index (χ1n) is 9.60. The molecule has 9 heteroatoms. The van der Waals surface area contributed by atoms with Crippen LogP contribution >= 0.6 is 22.9 Å². The highest BCUT2D eigenvalue weighted by Gasteiger charge is 2.29. The van der Waals surface area contributed by atoms with Crippen molar-refractivity contribution in [3.05, 3.63) is 68.0 Å². The number of nitrogens with zero attached hydrogens (tertiary/aromatic N) is 3. The number of rotatable bonds is 4. The Hall–Kier alpha value is -2.71. The van der Waals surface area contributed by atoms with E-state index in [2.05, 4.69) is 4.98 Å².